The Balaban J connectivity index is 1.55. The van der Waals surface area contributed by atoms with Crippen LogP contribution in [0.4, 0.5) is 0 Å². The highest BCUT2D eigenvalue weighted by Crippen LogP contribution is 2.35. The van der Waals surface area contributed by atoms with E-state index >= 15 is 0 Å². The van der Waals surface area contributed by atoms with Crippen molar-refractivity contribution in [1.29, 1.82) is 0 Å². The van der Waals surface area contributed by atoms with Gasteiger partial charge in [0.15, 0.2) is 0 Å². The summed E-state index contributed by atoms with van der Waals surface area (Å²) in [6.45, 7) is 0. The van der Waals surface area contributed by atoms with E-state index in [4.69, 9.17) is 0 Å². The summed E-state index contributed by atoms with van der Waals surface area (Å²) in [5, 5.41) is 0.875. The second kappa shape index (κ2) is 8.60. The summed E-state index contributed by atoms with van der Waals surface area (Å²) in [5.74, 6) is 0.423. The third-order valence-electron chi connectivity index (χ3n) is 4.05. The highest BCUT2D eigenvalue weighted by molar-refractivity contribution is 8.00. The summed E-state index contributed by atoms with van der Waals surface area (Å²) in [6.07, 6.45) is 4.91. The zero-order chi connectivity index (χ0) is 15.9. The Morgan fingerprint density at radius 3 is 1.57 bits per heavy atom. The second-order valence-electron chi connectivity index (χ2n) is 5.98. The minimum Gasteiger partial charge on any atom is -0.300 e. The molecule has 2 aromatic rings. The van der Waals surface area contributed by atoms with Crippen molar-refractivity contribution in [1.82, 2.24) is 0 Å². The van der Waals surface area contributed by atoms with Crippen molar-refractivity contribution in [2.45, 2.75) is 52.4 Å². The van der Waals surface area contributed by atoms with Crippen LogP contribution in [-0.4, -0.2) is 16.3 Å². The molecule has 0 aliphatic heterocycles. The van der Waals surface area contributed by atoms with Crippen LogP contribution in [-0.2, 0) is 4.79 Å². The first-order valence-electron chi connectivity index (χ1n) is 8.25. The van der Waals surface area contributed by atoms with Crippen LogP contribution >= 0.6 is 23.5 Å². The standard InChI is InChI=1S/C20H22OS2/c21-16-14-19(22-17-8-3-1-4-9-17)12-7-13-20(15-16)23-18-10-5-2-6-11-18/h1-6,8-11,19-20H,7,12-15H2/t19-,20-/m1/s1. The van der Waals surface area contributed by atoms with Gasteiger partial charge in [0.1, 0.15) is 5.78 Å². The molecule has 1 fully saturated rings. The Morgan fingerprint density at radius 1 is 0.696 bits per heavy atom. The highest BCUT2D eigenvalue weighted by atomic mass is 32.2. The van der Waals surface area contributed by atoms with Gasteiger partial charge in [-0.3, -0.25) is 4.79 Å². The maximum absolute atomic E-state index is 12.4. The number of ketones is 1. The van der Waals surface area contributed by atoms with E-state index in [1.165, 1.54) is 16.2 Å². The zero-order valence-corrected chi connectivity index (χ0v) is 14.8. The molecule has 0 aromatic heterocycles. The van der Waals surface area contributed by atoms with Gasteiger partial charge in [-0.25, -0.2) is 0 Å². The van der Waals surface area contributed by atoms with Crippen molar-refractivity contribution in [3.8, 4) is 0 Å². The van der Waals surface area contributed by atoms with E-state index in [1.807, 2.05) is 35.7 Å². The monoisotopic (exact) mass is 342 g/mol. The third-order valence-corrected chi connectivity index (χ3v) is 6.61. The molecular weight excluding hydrogens is 320 g/mol. The zero-order valence-electron chi connectivity index (χ0n) is 13.2. The molecule has 0 N–H and O–H groups in total. The Hall–Kier alpha value is -1.19. The number of rotatable bonds is 4. The number of carbonyl (C=O) groups excluding carboxylic acids is 1. The number of Topliss-reactive ketones (excluding diaryl/α,β-unsaturated/α-hetero) is 1. The topological polar surface area (TPSA) is 17.1 Å². The molecule has 0 spiro atoms. The van der Waals surface area contributed by atoms with E-state index in [2.05, 4.69) is 48.5 Å². The van der Waals surface area contributed by atoms with Crippen molar-refractivity contribution in [3.63, 3.8) is 0 Å². The first kappa shape index (κ1) is 16.7. The van der Waals surface area contributed by atoms with E-state index in [0.29, 0.717) is 29.1 Å². The molecule has 0 radical (unpaired) electrons. The maximum Gasteiger partial charge on any atom is 0.135 e. The Bertz CT molecular complexity index is 559. The van der Waals surface area contributed by atoms with Gasteiger partial charge in [0.25, 0.3) is 0 Å². The Kier molecular flexibility index (Phi) is 6.23. The molecule has 0 amide bonds. The van der Waals surface area contributed by atoms with Crippen molar-refractivity contribution in [3.05, 3.63) is 60.7 Å². The predicted octanol–water partition coefficient (Wildman–Crippen LogP) is 5.84. The Labute approximate surface area is 147 Å². The molecule has 0 heterocycles. The molecule has 1 aliphatic carbocycles. The highest BCUT2D eigenvalue weighted by Gasteiger charge is 2.23. The van der Waals surface area contributed by atoms with Gasteiger partial charge in [0.05, 0.1) is 0 Å². The second-order valence-corrected chi connectivity index (χ2v) is 8.73. The van der Waals surface area contributed by atoms with Crippen molar-refractivity contribution < 1.29 is 4.79 Å². The normalized spacial score (nSPS) is 22.3. The van der Waals surface area contributed by atoms with Crippen LogP contribution in [0, 0.1) is 0 Å². The van der Waals surface area contributed by atoms with Gasteiger partial charge >= 0.3 is 0 Å². The average molecular weight is 343 g/mol. The lowest BCUT2D eigenvalue weighted by Gasteiger charge is -2.23. The average Bonchev–Trinajstić information content (AvgIpc) is 2.55. The lowest BCUT2D eigenvalue weighted by atomic mass is 9.99. The molecule has 0 unspecified atom stereocenters. The molecule has 1 aliphatic rings. The van der Waals surface area contributed by atoms with E-state index in [0.717, 1.165) is 12.8 Å². The van der Waals surface area contributed by atoms with Crippen LogP contribution in [0.1, 0.15) is 32.1 Å². The first-order valence-corrected chi connectivity index (χ1v) is 10.0. The van der Waals surface area contributed by atoms with Gasteiger partial charge < -0.3 is 0 Å². The Morgan fingerprint density at radius 2 is 1.13 bits per heavy atom. The largest absolute Gasteiger partial charge is 0.300 e. The van der Waals surface area contributed by atoms with Crippen LogP contribution in [0.5, 0.6) is 0 Å². The number of hydrogen-bond acceptors (Lipinski definition) is 3. The third kappa shape index (κ3) is 5.43. The van der Waals surface area contributed by atoms with Crippen LogP contribution in [0.15, 0.2) is 70.5 Å². The molecular formula is C20H22OS2. The quantitative estimate of drug-likeness (QED) is 0.694. The number of hydrogen-bond donors (Lipinski definition) is 0. The molecule has 3 heteroatoms. The number of benzene rings is 2. The molecule has 120 valence electrons. The summed E-state index contributed by atoms with van der Waals surface area (Å²) in [7, 11) is 0. The smallest absolute Gasteiger partial charge is 0.135 e. The van der Waals surface area contributed by atoms with Gasteiger partial charge in [0, 0.05) is 33.1 Å². The molecule has 1 saturated carbocycles. The summed E-state index contributed by atoms with van der Waals surface area (Å²) in [6, 6.07) is 20.9. The van der Waals surface area contributed by atoms with Crippen LogP contribution < -0.4 is 0 Å². The SMILES string of the molecule is O=C1C[C@H](Sc2ccccc2)CCC[C@@H](Sc2ccccc2)C1. The summed E-state index contributed by atoms with van der Waals surface area (Å²) >= 11 is 3.74. The molecule has 23 heavy (non-hydrogen) atoms. The van der Waals surface area contributed by atoms with E-state index in [-0.39, 0.29) is 0 Å². The van der Waals surface area contributed by atoms with Gasteiger partial charge in [-0.15, -0.1) is 23.5 Å². The number of thioether (sulfide) groups is 2. The van der Waals surface area contributed by atoms with Gasteiger partial charge in [-0.2, -0.15) is 0 Å². The minimum absolute atomic E-state index is 0.423. The van der Waals surface area contributed by atoms with Crippen LogP contribution in [0.2, 0.25) is 0 Å². The lowest BCUT2D eigenvalue weighted by molar-refractivity contribution is -0.119. The summed E-state index contributed by atoms with van der Waals surface area (Å²) < 4.78 is 0. The fourth-order valence-corrected chi connectivity index (χ4v) is 5.46. The fourth-order valence-electron chi connectivity index (χ4n) is 2.95. The summed E-state index contributed by atoms with van der Waals surface area (Å²) in [4.78, 5) is 15.0. The van der Waals surface area contributed by atoms with Crippen LogP contribution in [0.25, 0.3) is 0 Å². The fraction of sp³-hybridized carbons (Fsp3) is 0.350. The van der Waals surface area contributed by atoms with Crippen molar-refractivity contribution in [2.75, 3.05) is 0 Å². The molecule has 1 nitrogen and oxygen atoms in total. The predicted molar refractivity (Wildman–Crippen MR) is 100 cm³/mol. The first-order chi connectivity index (χ1) is 11.3. The maximum atomic E-state index is 12.4. The van der Waals surface area contributed by atoms with E-state index in [9.17, 15) is 4.79 Å². The summed E-state index contributed by atoms with van der Waals surface area (Å²) in [5.41, 5.74) is 0. The molecule has 2 aromatic carbocycles. The number of carbonyl (C=O) groups is 1. The van der Waals surface area contributed by atoms with Crippen molar-refractivity contribution >= 4 is 29.3 Å². The minimum atomic E-state index is 0.423. The van der Waals surface area contributed by atoms with E-state index in [1.54, 1.807) is 0 Å². The van der Waals surface area contributed by atoms with Gasteiger partial charge in [-0.1, -0.05) is 42.8 Å². The van der Waals surface area contributed by atoms with Gasteiger partial charge in [-0.05, 0) is 37.1 Å². The van der Waals surface area contributed by atoms with Gasteiger partial charge in [0.2, 0.25) is 0 Å². The molecule has 0 saturated heterocycles. The van der Waals surface area contributed by atoms with E-state index < -0.39 is 0 Å². The van der Waals surface area contributed by atoms with Crippen molar-refractivity contribution in [2.24, 2.45) is 0 Å². The molecule has 3 rings (SSSR count). The molecule has 2 atom stereocenters. The van der Waals surface area contributed by atoms with Crippen LogP contribution in [0.3, 0.4) is 0 Å². The molecule has 0 bridgehead atoms. The lowest BCUT2D eigenvalue weighted by Crippen LogP contribution is -2.19.